The molecule has 3 atom stereocenters. The third-order valence-electron chi connectivity index (χ3n) is 7.14. The van der Waals surface area contributed by atoms with E-state index in [-0.39, 0.29) is 5.41 Å². The lowest BCUT2D eigenvalue weighted by Gasteiger charge is -2.46. The summed E-state index contributed by atoms with van der Waals surface area (Å²) in [5.41, 5.74) is 3.26. The maximum absolute atomic E-state index is 12.4. The molecule has 30 heavy (non-hydrogen) atoms. The molecular weight excluding hydrogens is 380 g/mol. The standard InChI is InChI=1S/C24H34N2O4/c1-17-5-11-20(15-17)24(13-3-2-4-14-24)22(23(28)29)25-16-19-8-6-18(7-9-19)10-12-21(27)26-30/h6-10,12,17,20,22,25,30H,2-5,11,13-16H2,1H3,(H,26,27)(H,28,29)/t17?,20?,22-/m1/s1. The van der Waals surface area contributed by atoms with E-state index in [1.807, 2.05) is 24.3 Å². The highest BCUT2D eigenvalue weighted by Gasteiger charge is 2.50. The third kappa shape index (κ3) is 5.29. The number of benzene rings is 1. The molecule has 0 spiro atoms. The van der Waals surface area contributed by atoms with Gasteiger partial charge in [-0.3, -0.25) is 20.1 Å². The highest BCUT2D eigenvalue weighted by molar-refractivity contribution is 5.90. The first-order valence-corrected chi connectivity index (χ1v) is 11.1. The molecule has 0 heterocycles. The Kier molecular flexibility index (Phi) is 7.67. The lowest BCUT2D eigenvalue weighted by molar-refractivity contribution is -0.146. The van der Waals surface area contributed by atoms with Gasteiger partial charge < -0.3 is 5.11 Å². The summed E-state index contributed by atoms with van der Waals surface area (Å²) in [6, 6.07) is 7.11. The number of carbonyl (C=O) groups excluding carboxylic acids is 1. The fourth-order valence-corrected chi connectivity index (χ4v) is 5.58. The number of aliphatic carboxylic acids is 1. The second kappa shape index (κ2) is 10.2. The molecule has 1 amide bonds. The Morgan fingerprint density at radius 1 is 1.17 bits per heavy atom. The van der Waals surface area contributed by atoms with Crippen molar-refractivity contribution >= 4 is 18.0 Å². The van der Waals surface area contributed by atoms with Crippen LogP contribution in [-0.4, -0.2) is 28.2 Å². The zero-order valence-electron chi connectivity index (χ0n) is 17.8. The first-order chi connectivity index (χ1) is 14.4. The van der Waals surface area contributed by atoms with E-state index in [4.69, 9.17) is 5.21 Å². The molecule has 0 radical (unpaired) electrons. The van der Waals surface area contributed by atoms with Crippen LogP contribution >= 0.6 is 0 Å². The summed E-state index contributed by atoms with van der Waals surface area (Å²) in [6.07, 6.45) is 11.8. The number of hydrogen-bond donors (Lipinski definition) is 4. The van der Waals surface area contributed by atoms with Gasteiger partial charge >= 0.3 is 5.97 Å². The molecule has 3 rings (SSSR count). The van der Waals surface area contributed by atoms with Gasteiger partial charge in [-0.2, -0.15) is 0 Å². The molecule has 2 fully saturated rings. The van der Waals surface area contributed by atoms with Gasteiger partial charge in [0.2, 0.25) is 0 Å². The topological polar surface area (TPSA) is 98.7 Å². The Morgan fingerprint density at radius 2 is 1.87 bits per heavy atom. The van der Waals surface area contributed by atoms with Crippen molar-refractivity contribution in [1.82, 2.24) is 10.8 Å². The zero-order chi connectivity index (χ0) is 21.6. The van der Waals surface area contributed by atoms with Gasteiger partial charge in [-0.25, -0.2) is 5.48 Å². The van der Waals surface area contributed by atoms with Gasteiger partial charge in [0.05, 0.1) is 0 Å². The zero-order valence-corrected chi connectivity index (χ0v) is 17.8. The van der Waals surface area contributed by atoms with Crippen LogP contribution in [0, 0.1) is 17.3 Å². The lowest BCUT2D eigenvalue weighted by atomic mass is 9.60. The molecule has 2 aliphatic rings. The van der Waals surface area contributed by atoms with Gasteiger partial charge in [0.25, 0.3) is 5.91 Å². The van der Waals surface area contributed by atoms with Crippen molar-refractivity contribution in [3.05, 3.63) is 41.5 Å². The molecule has 2 unspecified atom stereocenters. The number of carboxylic acid groups (broad SMARTS) is 1. The van der Waals surface area contributed by atoms with E-state index in [2.05, 4.69) is 12.2 Å². The second-order valence-electron chi connectivity index (χ2n) is 9.11. The molecule has 0 bridgehead atoms. The van der Waals surface area contributed by atoms with E-state index in [0.29, 0.717) is 18.4 Å². The normalized spacial score (nSPS) is 24.6. The number of hydroxylamine groups is 1. The highest BCUT2D eigenvalue weighted by Crippen LogP contribution is 2.52. The van der Waals surface area contributed by atoms with Crippen LogP contribution in [0.1, 0.15) is 69.4 Å². The monoisotopic (exact) mass is 414 g/mol. The van der Waals surface area contributed by atoms with Gasteiger partial charge in [-0.15, -0.1) is 0 Å². The number of amides is 1. The maximum Gasteiger partial charge on any atom is 0.321 e. The number of hydrogen-bond acceptors (Lipinski definition) is 4. The number of carbonyl (C=O) groups is 2. The molecule has 4 N–H and O–H groups in total. The van der Waals surface area contributed by atoms with Crippen molar-refractivity contribution in [3.63, 3.8) is 0 Å². The van der Waals surface area contributed by atoms with Crippen molar-refractivity contribution < 1.29 is 19.9 Å². The predicted molar refractivity (Wildman–Crippen MR) is 116 cm³/mol. The number of carboxylic acids is 1. The van der Waals surface area contributed by atoms with E-state index in [0.717, 1.165) is 49.7 Å². The van der Waals surface area contributed by atoms with Crippen LogP contribution in [0.4, 0.5) is 0 Å². The fourth-order valence-electron chi connectivity index (χ4n) is 5.58. The van der Waals surface area contributed by atoms with Crippen LogP contribution in [-0.2, 0) is 16.1 Å². The highest BCUT2D eigenvalue weighted by atomic mass is 16.5. The first kappa shape index (κ1) is 22.5. The first-order valence-electron chi connectivity index (χ1n) is 11.1. The molecule has 0 aromatic heterocycles. The lowest BCUT2D eigenvalue weighted by Crippen LogP contribution is -2.54. The van der Waals surface area contributed by atoms with E-state index < -0.39 is 17.9 Å². The Bertz CT molecular complexity index is 753. The van der Waals surface area contributed by atoms with E-state index in [9.17, 15) is 14.7 Å². The summed E-state index contributed by atoms with van der Waals surface area (Å²) in [5.74, 6) is -0.126. The van der Waals surface area contributed by atoms with Crippen molar-refractivity contribution in [2.24, 2.45) is 17.3 Å². The molecule has 2 saturated carbocycles. The van der Waals surface area contributed by atoms with Gasteiger partial charge in [0, 0.05) is 12.6 Å². The SMILES string of the molecule is CC1CCC(C2([C@H](NCc3ccc(C=CC(=O)NO)cc3)C(=O)O)CCCCC2)C1. The van der Waals surface area contributed by atoms with Crippen LogP contribution < -0.4 is 10.8 Å². The molecular formula is C24H34N2O4. The summed E-state index contributed by atoms with van der Waals surface area (Å²) in [5, 5.41) is 22.1. The molecule has 164 valence electrons. The third-order valence-corrected chi connectivity index (χ3v) is 7.14. The minimum atomic E-state index is -0.731. The Morgan fingerprint density at radius 3 is 2.43 bits per heavy atom. The maximum atomic E-state index is 12.4. The predicted octanol–water partition coefficient (Wildman–Crippen LogP) is 4.13. The van der Waals surface area contributed by atoms with Crippen LogP contribution in [0.5, 0.6) is 0 Å². The van der Waals surface area contributed by atoms with Gasteiger partial charge in [0.1, 0.15) is 6.04 Å². The van der Waals surface area contributed by atoms with Crippen molar-refractivity contribution in [1.29, 1.82) is 0 Å². The summed E-state index contributed by atoms with van der Waals surface area (Å²) < 4.78 is 0. The fraction of sp³-hybridized carbons (Fsp3) is 0.583. The van der Waals surface area contributed by atoms with Crippen LogP contribution in [0.15, 0.2) is 30.3 Å². The summed E-state index contributed by atoms with van der Waals surface area (Å²) >= 11 is 0. The largest absolute Gasteiger partial charge is 0.480 e. The molecule has 6 heteroatoms. The Hall–Kier alpha value is -2.18. The van der Waals surface area contributed by atoms with Crippen LogP contribution in [0.3, 0.4) is 0 Å². The minimum Gasteiger partial charge on any atom is -0.480 e. The van der Waals surface area contributed by atoms with Gasteiger partial charge in [-0.1, -0.05) is 56.9 Å². The van der Waals surface area contributed by atoms with E-state index in [1.54, 1.807) is 11.6 Å². The molecule has 0 saturated heterocycles. The van der Waals surface area contributed by atoms with Gasteiger partial charge in [0.15, 0.2) is 0 Å². The summed E-state index contributed by atoms with van der Waals surface area (Å²) in [7, 11) is 0. The van der Waals surface area contributed by atoms with Gasteiger partial charge in [-0.05, 0) is 60.1 Å². The molecule has 0 aliphatic heterocycles. The number of nitrogens with one attached hydrogen (secondary N) is 2. The van der Waals surface area contributed by atoms with Crippen molar-refractivity contribution in [2.75, 3.05) is 0 Å². The molecule has 1 aromatic carbocycles. The molecule has 1 aromatic rings. The van der Waals surface area contributed by atoms with E-state index >= 15 is 0 Å². The molecule has 6 nitrogen and oxygen atoms in total. The Labute approximate surface area is 178 Å². The van der Waals surface area contributed by atoms with Crippen LogP contribution in [0.2, 0.25) is 0 Å². The quantitative estimate of drug-likeness (QED) is 0.291. The summed E-state index contributed by atoms with van der Waals surface area (Å²) in [6.45, 7) is 2.79. The van der Waals surface area contributed by atoms with E-state index in [1.165, 1.54) is 18.9 Å². The van der Waals surface area contributed by atoms with Crippen molar-refractivity contribution in [3.8, 4) is 0 Å². The average Bonchev–Trinajstić information content (AvgIpc) is 3.20. The van der Waals surface area contributed by atoms with Crippen LogP contribution in [0.25, 0.3) is 6.08 Å². The average molecular weight is 415 g/mol. The Balaban J connectivity index is 1.71. The van der Waals surface area contributed by atoms with Crippen molar-refractivity contribution in [2.45, 2.75) is 70.9 Å². The minimum absolute atomic E-state index is 0.144. The smallest absolute Gasteiger partial charge is 0.321 e. The number of rotatable bonds is 8. The second-order valence-corrected chi connectivity index (χ2v) is 9.11. The molecule has 2 aliphatic carbocycles. The summed E-state index contributed by atoms with van der Waals surface area (Å²) in [4.78, 5) is 23.5.